The van der Waals surface area contributed by atoms with Crippen LogP contribution >= 0.6 is 0 Å². The third-order valence-electron chi connectivity index (χ3n) is 4.41. The van der Waals surface area contributed by atoms with Crippen LogP contribution in [0.15, 0.2) is 24.3 Å². The molecular formula is C17H28N2O. The largest absolute Gasteiger partial charge is 0.381 e. The summed E-state index contributed by atoms with van der Waals surface area (Å²) in [4.78, 5) is 2.50. The van der Waals surface area contributed by atoms with Gasteiger partial charge in [-0.25, -0.2) is 0 Å². The van der Waals surface area contributed by atoms with Gasteiger partial charge in [0.1, 0.15) is 0 Å². The summed E-state index contributed by atoms with van der Waals surface area (Å²) in [5.41, 5.74) is 2.71. The molecule has 1 heterocycles. The van der Waals surface area contributed by atoms with Gasteiger partial charge in [-0.3, -0.25) is 0 Å². The van der Waals surface area contributed by atoms with Crippen molar-refractivity contribution in [3.63, 3.8) is 0 Å². The van der Waals surface area contributed by atoms with E-state index in [1.165, 1.54) is 24.0 Å². The van der Waals surface area contributed by atoms with Crippen molar-refractivity contribution in [2.45, 2.75) is 38.3 Å². The normalized spacial score (nSPS) is 18.4. The van der Waals surface area contributed by atoms with Crippen LogP contribution in [-0.2, 0) is 4.74 Å². The van der Waals surface area contributed by atoms with Gasteiger partial charge in [0.2, 0.25) is 0 Å². The van der Waals surface area contributed by atoms with E-state index >= 15 is 0 Å². The van der Waals surface area contributed by atoms with E-state index in [0.717, 1.165) is 26.2 Å². The van der Waals surface area contributed by atoms with Gasteiger partial charge in [0, 0.05) is 25.3 Å². The first-order valence-corrected chi connectivity index (χ1v) is 7.72. The lowest BCUT2D eigenvalue weighted by Gasteiger charge is -2.32. The summed E-state index contributed by atoms with van der Waals surface area (Å²) in [7, 11) is 4.30. The number of nitrogens with zero attached hydrogens (tertiary/aromatic N) is 1. The van der Waals surface area contributed by atoms with Gasteiger partial charge in [0.05, 0.1) is 0 Å². The summed E-state index contributed by atoms with van der Waals surface area (Å²) < 4.78 is 5.44. The highest BCUT2D eigenvalue weighted by Crippen LogP contribution is 2.19. The minimum Gasteiger partial charge on any atom is -0.381 e. The fourth-order valence-electron chi connectivity index (χ4n) is 2.92. The Balaban J connectivity index is 1.85. The standard InChI is InChI=1S/C17H28N2O/c1-14-4-6-15(7-5-14)17(18-2)8-11-19(3)16-9-12-20-13-10-16/h4-7,16-18H,8-13H2,1-3H3. The first-order chi connectivity index (χ1) is 9.70. The predicted molar refractivity (Wildman–Crippen MR) is 84.1 cm³/mol. The lowest BCUT2D eigenvalue weighted by molar-refractivity contribution is 0.0420. The zero-order valence-electron chi connectivity index (χ0n) is 13.1. The van der Waals surface area contributed by atoms with E-state index in [9.17, 15) is 0 Å². The molecule has 2 rings (SSSR count). The molecule has 112 valence electrons. The number of rotatable bonds is 6. The number of hydrogen-bond acceptors (Lipinski definition) is 3. The molecule has 20 heavy (non-hydrogen) atoms. The molecule has 1 atom stereocenters. The van der Waals surface area contributed by atoms with E-state index in [1.54, 1.807) is 0 Å². The predicted octanol–water partition coefficient (Wildman–Crippen LogP) is 2.76. The van der Waals surface area contributed by atoms with E-state index in [0.29, 0.717) is 12.1 Å². The van der Waals surface area contributed by atoms with Gasteiger partial charge in [-0.1, -0.05) is 29.8 Å². The van der Waals surface area contributed by atoms with Crippen LogP contribution in [0.2, 0.25) is 0 Å². The lowest BCUT2D eigenvalue weighted by atomic mass is 10.0. The van der Waals surface area contributed by atoms with Crippen molar-refractivity contribution in [1.82, 2.24) is 10.2 Å². The fraction of sp³-hybridized carbons (Fsp3) is 0.647. The topological polar surface area (TPSA) is 24.5 Å². The second-order valence-electron chi connectivity index (χ2n) is 5.86. The third kappa shape index (κ3) is 4.30. The summed E-state index contributed by atoms with van der Waals surface area (Å²) >= 11 is 0. The van der Waals surface area contributed by atoms with Gasteiger partial charge in [-0.15, -0.1) is 0 Å². The molecule has 1 unspecified atom stereocenters. The summed E-state index contributed by atoms with van der Waals surface area (Å²) in [6, 6.07) is 10.0. The van der Waals surface area contributed by atoms with Crippen LogP contribution in [0.5, 0.6) is 0 Å². The zero-order chi connectivity index (χ0) is 14.4. The van der Waals surface area contributed by atoms with Crippen LogP contribution in [0.4, 0.5) is 0 Å². The number of aryl methyl sites for hydroxylation is 1. The maximum absolute atomic E-state index is 5.44. The summed E-state index contributed by atoms with van der Waals surface area (Å²) in [6.45, 7) is 5.10. The average molecular weight is 276 g/mol. The van der Waals surface area contributed by atoms with Gasteiger partial charge in [-0.2, -0.15) is 0 Å². The van der Waals surface area contributed by atoms with E-state index in [1.807, 2.05) is 0 Å². The molecule has 0 spiro atoms. The maximum atomic E-state index is 5.44. The molecule has 0 bridgehead atoms. The van der Waals surface area contributed by atoms with E-state index in [-0.39, 0.29) is 0 Å². The first-order valence-electron chi connectivity index (χ1n) is 7.72. The quantitative estimate of drug-likeness (QED) is 0.864. The maximum Gasteiger partial charge on any atom is 0.0480 e. The Morgan fingerprint density at radius 3 is 2.50 bits per heavy atom. The molecule has 3 nitrogen and oxygen atoms in total. The van der Waals surface area contributed by atoms with Crippen LogP contribution in [0.3, 0.4) is 0 Å². The lowest BCUT2D eigenvalue weighted by Crippen LogP contribution is -2.38. The number of hydrogen-bond donors (Lipinski definition) is 1. The molecule has 0 aromatic heterocycles. The van der Waals surface area contributed by atoms with Gasteiger partial charge in [-0.05, 0) is 52.4 Å². The Hall–Kier alpha value is -0.900. The molecule has 0 aliphatic carbocycles. The first kappa shape index (κ1) is 15.5. The molecule has 1 N–H and O–H groups in total. The minimum absolute atomic E-state index is 0.442. The van der Waals surface area contributed by atoms with Gasteiger partial charge >= 0.3 is 0 Å². The average Bonchev–Trinajstić information content (AvgIpc) is 2.50. The molecule has 1 saturated heterocycles. The van der Waals surface area contributed by atoms with Crippen molar-refractivity contribution < 1.29 is 4.74 Å². The van der Waals surface area contributed by atoms with Crippen LogP contribution in [0.1, 0.15) is 36.4 Å². The van der Waals surface area contributed by atoms with Gasteiger partial charge in [0.25, 0.3) is 0 Å². The van der Waals surface area contributed by atoms with Crippen molar-refractivity contribution in [2.75, 3.05) is 33.9 Å². The smallest absolute Gasteiger partial charge is 0.0480 e. The van der Waals surface area contributed by atoms with Gasteiger partial charge < -0.3 is 15.0 Å². The van der Waals surface area contributed by atoms with Crippen LogP contribution in [-0.4, -0.2) is 44.8 Å². The van der Waals surface area contributed by atoms with Gasteiger partial charge in [0.15, 0.2) is 0 Å². The molecule has 1 aliphatic rings. The van der Waals surface area contributed by atoms with Crippen molar-refractivity contribution in [3.8, 4) is 0 Å². The van der Waals surface area contributed by atoms with Crippen LogP contribution in [0.25, 0.3) is 0 Å². The molecular weight excluding hydrogens is 248 g/mol. The number of nitrogens with one attached hydrogen (secondary N) is 1. The SMILES string of the molecule is CNC(CCN(C)C1CCOCC1)c1ccc(C)cc1. The Morgan fingerprint density at radius 2 is 1.90 bits per heavy atom. The molecule has 0 radical (unpaired) electrons. The monoisotopic (exact) mass is 276 g/mol. The Bertz CT molecular complexity index is 384. The zero-order valence-corrected chi connectivity index (χ0v) is 13.1. The van der Waals surface area contributed by atoms with Crippen LogP contribution < -0.4 is 5.32 Å². The number of ether oxygens (including phenoxy) is 1. The summed E-state index contributed by atoms with van der Waals surface area (Å²) in [5.74, 6) is 0. The number of benzene rings is 1. The second-order valence-corrected chi connectivity index (χ2v) is 5.86. The highest BCUT2D eigenvalue weighted by Gasteiger charge is 2.19. The summed E-state index contributed by atoms with van der Waals surface area (Å²) in [6.07, 6.45) is 3.49. The molecule has 1 fully saturated rings. The molecule has 1 aromatic carbocycles. The highest BCUT2D eigenvalue weighted by atomic mass is 16.5. The second kappa shape index (κ2) is 7.77. The Morgan fingerprint density at radius 1 is 1.25 bits per heavy atom. The van der Waals surface area contributed by atoms with Crippen molar-refractivity contribution in [1.29, 1.82) is 0 Å². The highest BCUT2D eigenvalue weighted by molar-refractivity contribution is 5.24. The van der Waals surface area contributed by atoms with Crippen molar-refractivity contribution in [2.24, 2.45) is 0 Å². The molecule has 3 heteroatoms. The minimum atomic E-state index is 0.442. The molecule has 1 aromatic rings. The molecule has 0 saturated carbocycles. The third-order valence-corrected chi connectivity index (χ3v) is 4.41. The molecule has 1 aliphatic heterocycles. The van der Waals surface area contributed by atoms with E-state index in [2.05, 4.69) is 55.5 Å². The summed E-state index contributed by atoms with van der Waals surface area (Å²) in [5, 5.41) is 3.44. The molecule has 0 amide bonds. The van der Waals surface area contributed by atoms with E-state index < -0.39 is 0 Å². The Kier molecular flexibility index (Phi) is 6.02. The Labute approximate surface area is 123 Å². The van der Waals surface area contributed by atoms with E-state index in [4.69, 9.17) is 4.74 Å². The van der Waals surface area contributed by atoms with Crippen LogP contribution in [0, 0.1) is 6.92 Å². The van der Waals surface area contributed by atoms with Crippen molar-refractivity contribution in [3.05, 3.63) is 35.4 Å². The fourth-order valence-corrected chi connectivity index (χ4v) is 2.92. The van der Waals surface area contributed by atoms with Crippen molar-refractivity contribution >= 4 is 0 Å².